The number of nitro benzene ring substituents is 1. The molecule has 0 radical (unpaired) electrons. The van der Waals surface area contributed by atoms with E-state index in [0.717, 1.165) is 0 Å². The number of aliphatic hydroxyl groups excluding tert-OH is 1. The summed E-state index contributed by atoms with van der Waals surface area (Å²) in [7, 11) is 0. The van der Waals surface area contributed by atoms with Crippen LogP contribution in [-0.4, -0.2) is 28.1 Å². The molecule has 0 saturated heterocycles. The lowest BCUT2D eigenvalue weighted by molar-refractivity contribution is -0.387. The van der Waals surface area contributed by atoms with Crippen LogP contribution in [0, 0.1) is 27.2 Å². The van der Waals surface area contributed by atoms with Crippen LogP contribution in [0.4, 0.5) is 14.5 Å². The van der Waals surface area contributed by atoms with Crippen molar-refractivity contribution in [1.82, 2.24) is 5.32 Å². The Morgan fingerprint density at radius 3 is 2.52 bits per heavy atom. The minimum atomic E-state index is -1.34. The van der Waals surface area contributed by atoms with Gasteiger partial charge in [-0.2, -0.15) is 4.39 Å². The first-order chi connectivity index (χ1) is 9.64. The Kier molecular flexibility index (Phi) is 3.66. The summed E-state index contributed by atoms with van der Waals surface area (Å²) in [5.41, 5.74) is -2.13. The number of amides is 1. The number of hydrogen-bond donors (Lipinski definition) is 2. The smallest absolute Gasteiger partial charge is 0.305 e. The zero-order valence-corrected chi connectivity index (χ0v) is 11.4. The highest BCUT2D eigenvalue weighted by Crippen LogP contribution is 2.40. The van der Waals surface area contributed by atoms with Crippen molar-refractivity contribution in [3.63, 3.8) is 0 Å². The molecule has 2 N–H and O–H groups in total. The molecule has 8 heteroatoms. The Balaban J connectivity index is 2.24. The molecule has 2 rings (SSSR count). The van der Waals surface area contributed by atoms with Crippen molar-refractivity contribution in [2.75, 3.05) is 0 Å². The van der Waals surface area contributed by atoms with Gasteiger partial charge in [0.2, 0.25) is 5.82 Å². The van der Waals surface area contributed by atoms with E-state index in [0.29, 0.717) is 18.6 Å². The van der Waals surface area contributed by atoms with Crippen molar-refractivity contribution in [2.24, 2.45) is 5.41 Å². The molecule has 21 heavy (non-hydrogen) atoms. The fourth-order valence-electron chi connectivity index (χ4n) is 2.23. The second-order valence-corrected chi connectivity index (χ2v) is 5.64. The van der Waals surface area contributed by atoms with E-state index in [1.54, 1.807) is 13.8 Å². The van der Waals surface area contributed by atoms with Crippen molar-refractivity contribution in [2.45, 2.75) is 32.4 Å². The van der Waals surface area contributed by atoms with Gasteiger partial charge in [-0.05, 0) is 6.42 Å². The molecule has 1 aliphatic rings. The molecule has 0 bridgehead atoms. The van der Waals surface area contributed by atoms with Gasteiger partial charge >= 0.3 is 5.69 Å². The molecule has 0 heterocycles. The van der Waals surface area contributed by atoms with Crippen molar-refractivity contribution >= 4 is 11.6 Å². The van der Waals surface area contributed by atoms with E-state index in [9.17, 15) is 28.8 Å². The zero-order valence-electron chi connectivity index (χ0n) is 11.4. The Hall–Kier alpha value is -2.09. The first kappa shape index (κ1) is 15.3. The van der Waals surface area contributed by atoms with Crippen LogP contribution in [0.2, 0.25) is 0 Å². The van der Waals surface area contributed by atoms with Gasteiger partial charge in [0.1, 0.15) is 5.82 Å². The molecule has 1 aromatic carbocycles. The molecule has 2 unspecified atom stereocenters. The van der Waals surface area contributed by atoms with Crippen molar-refractivity contribution in [3.05, 3.63) is 39.4 Å². The van der Waals surface area contributed by atoms with Gasteiger partial charge in [0.25, 0.3) is 5.91 Å². The van der Waals surface area contributed by atoms with Gasteiger partial charge < -0.3 is 10.4 Å². The van der Waals surface area contributed by atoms with Crippen LogP contribution < -0.4 is 5.32 Å². The fraction of sp³-hybridized carbons (Fsp3) is 0.462. The third-order valence-corrected chi connectivity index (χ3v) is 4.00. The van der Waals surface area contributed by atoms with E-state index in [2.05, 4.69) is 5.32 Å². The van der Waals surface area contributed by atoms with Crippen LogP contribution >= 0.6 is 0 Å². The van der Waals surface area contributed by atoms with E-state index < -0.39 is 45.2 Å². The highest BCUT2D eigenvalue weighted by Gasteiger charge is 2.48. The van der Waals surface area contributed by atoms with Crippen LogP contribution in [0.3, 0.4) is 0 Å². The first-order valence-electron chi connectivity index (χ1n) is 6.27. The van der Waals surface area contributed by atoms with Crippen molar-refractivity contribution in [1.29, 1.82) is 0 Å². The molecule has 1 aromatic rings. The molecule has 1 saturated carbocycles. The summed E-state index contributed by atoms with van der Waals surface area (Å²) < 4.78 is 26.8. The minimum absolute atomic E-state index is 0.309. The number of nitrogens with zero attached hydrogens (tertiary/aromatic N) is 1. The molecule has 0 aromatic heterocycles. The van der Waals surface area contributed by atoms with E-state index in [4.69, 9.17) is 0 Å². The lowest BCUT2D eigenvalue weighted by Gasteiger charge is -2.49. The summed E-state index contributed by atoms with van der Waals surface area (Å²) in [6, 6.07) is 0.499. The molecule has 2 atom stereocenters. The number of benzene rings is 1. The predicted molar refractivity (Wildman–Crippen MR) is 68.7 cm³/mol. The second kappa shape index (κ2) is 5.03. The molecule has 1 amide bonds. The van der Waals surface area contributed by atoms with E-state index in [1.807, 2.05) is 0 Å². The lowest BCUT2D eigenvalue weighted by Crippen LogP contribution is -2.61. The van der Waals surface area contributed by atoms with Crippen molar-refractivity contribution in [3.8, 4) is 0 Å². The van der Waals surface area contributed by atoms with Gasteiger partial charge in [0.05, 0.1) is 16.6 Å². The normalized spacial score (nSPS) is 23.3. The summed E-state index contributed by atoms with van der Waals surface area (Å²) >= 11 is 0. The quantitative estimate of drug-likeness (QED) is 0.657. The lowest BCUT2D eigenvalue weighted by atomic mass is 9.64. The Bertz CT molecular complexity index is 618. The Morgan fingerprint density at radius 2 is 2.05 bits per heavy atom. The molecule has 114 valence electrons. The molecule has 1 aliphatic carbocycles. The van der Waals surface area contributed by atoms with Crippen LogP contribution in [-0.2, 0) is 0 Å². The average Bonchev–Trinajstić information content (AvgIpc) is 2.37. The largest absolute Gasteiger partial charge is 0.392 e. The number of rotatable bonds is 3. The van der Waals surface area contributed by atoms with Gasteiger partial charge in [-0.15, -0.1) is 0 Å². The first-order valence-corrected chi connectivity index (χ1v) is 6.27. The summed E-state index contributed by atoms with van der Waals surface area (Å²) in [5.74, 6) is -3.39. The maximum absolute atomic E-state index is 13.6. The van der Waals surface area contributed by atoms with Crippen molar-refractivity contribution < 1.29 is 23.6 Å². The van der Waals surface area contributed by atoms with Gasteiger partial charge in [-0.25, -0.2) is 4.39 Å². The average molecular weight is 300 g/mol. The topological polar surface area (TPSA) is 92.5 Å². The molecular formula is C13H14F2N2O4. The van der Waals surface area contributed by atoms with Gasteiger partial charge in [-0.1, -0.05) is 13.8 Å². The Labute approximate surface area is 118 Å². The summed E-state index contributed by atoms with van der Waals surface area (Å²) in [6.07, 6.45) is -0.279. The number of halogens is 2. The highest BCUT2D eigenvalue weighted by atomic mass is 19.1. The number of hydrogen-bond acceptors (Lipinski definition) is 4. The standard InChI is InChI=1S/C13H14F2N2O4/c1-13(2)10(5-11(13)18)16-12(19)6-3-9(17(20)21)8(15)4-7(6)14/h3-4,10-11,18H,5H2,1-2H3,(H,16,19). The van der Waals surface area contributed by atoms with E-state index >= 15 is 0 Å². The maximum atomic E-state index is 13.6. The number of nitro groups is 1. The van der Waals surface area contributed by atoms with Crippen LogP contribution in [0.1, 0.15) is 30.6 Å². The zero-order chi connectivity index (χ0) is 15.9. The summed E-state index contributed by atoms with van der Waals surface area (Å²) in [5, 5.41) is 22.7. The van der Waals surface area contributed by atoms with Gasteiger partial charge in [0.15, 0.2) is 0 Å². The van der Waals surface area contributed by atoms with Gasteiger partial charge in [-0.3, -0.25) is 14.9 Å². The fourth-order valence-corrected chi connectivity index (χ4v) is 2.23. The predicted octanol–water partition coefficient (Wildman–Crippen LogP) is 1.76. The maximum Gasteiger partial charge on any atom is 0.305 e. The van der Waals surface area contributed by atoms with Crippen LogP contribution in [0.5, 0.6) is 0 Å². The second-order valence-electron chi connectivity index (χ2n) is 5.64. The summed E-state index contributed by atoms with van der Waals surface area (Å²) in [6.45, 7) is 3.46. The minimum Gasteiger partial charge on any atom is -0.392 e. The molecule has 1 fully saturated rings. The SMILES string of the molecule is CC1(C)C(O)CC1NC(=O)c1cc([N+](=O)[O-])c(F)cc1F. The van der Waals surface area contributed by atoms with E-state index in [1.165, 1.54) is 0 Å². The van der Waals surface area contributed by atoms with Gasteiger partial charge in [0, 0.05) is 23.6 Å². The van der Waals surface area contributed by atoms with Crippen LogP contribution in [0.25, 0.3) is 0 Å². The molecular weight excluding hydrogens is 286 g/mol. The highest BCUT2D eigenvalue weighted by molar-refractivity contribution is 5.95. The third kappa shape index (κ3) is 2.58. The number of carbonyl (C=O) groups excluding carboxylic acids is 1. The monoisotopic (exact) mass is 300 g/mol. The Morgan fingerprint density at radius 1 is 1.43 bits per heavy atom. The number of nitrogens with one attached hydrogen (secondary N) is 1. The number of carbonyl (C=O) groups is 1. The third-order valence-electron chi connectivity index (χ3n) is 4.00. The summed E-state index contributed by atoms with van der Waals surface area (Å²) in [4.78, 5) is 21.6. The number of aliphatic hydroxyl groups is 1. The molecule has 6 nitrogen and oxygen atoms in total. The van der Waals surface area contributed by atoms with E-state index in [-0.39, 0.29) is 6.04 Å². The van der Waals surface area contributed by atoms with Crippen LogP contribution in [0.15, 0.2) is 12.1 Å². The molecule has 0 aliphatic heterocycles. The molecule has 0 spiro atoms.